The summed E-state index contributed by atoms with van der Waals surface area (Å²) in [4.78, 5) is 35.9. The van der Waals surface area contributed by atoms with Crippen molar-refractivity contribution in [3.63, 3.8) is 0 Å². The van der Waals surface area contributed by atoms with E-state index in [0.717, 1.165) is 4.90 Å². The average Bonchev–Trinajstić information content (AvgIpc) is 2.44. The molecule has 0 aromatic heterocycles. The van der Waals surface area contributed by atoms with E-state index in [9.17, 15) is 14.4 Å². The van der Waals surface area contributed by atoms with Gasteiger partial charge in [-0.05, 0) is 31.0 Å². The molecule has 1 aliphatic heterocycles. The molecule has 2 rings (SSSR count). The van der Waals surface area contributed by atoms with Crippen LogP contribution in [-0.2, 0) is 9.59 Å². The van der Waals surface area contributed by atoms with Crippen LogP contribution in [0.15, 0.2) is 23.1 Å². The van der Waals surface area contributed by atoms with Gasteiger partial charge in [-0.25, -0.2) is 4.79 Å². The molecule has 0 fully saturated rings. The first kappa shape index (κ1) is 16.4. The van der Waals surface area contributed by atoms with Crippen LogP contribution in [0.3, 0.4) is 0 Å². The molecule has 0 saturated heterocycles. The number of hydrogen-bond acceptors (Lipinski definition) is 4. The first-order valence-electron chi connectivity index (χ1n) is 6.95. The fourth-order valence-corrected chi connectivity index (χ4v) is 3.02. The molecule has 22 heavy (non-hydrogen) atoms. The number of amides is 2. The lowest BCUT2D eigenvalue weighted by molar-refractivity contribution is -0.140. The summed E-state index contributed by atoms with van der Waals surface area (Å²) >= 11 is 1.43. The van der Waals surface area contributed by atoms with Crippen LogP contribution in [0.5, 0.6) is 0 Å². The molecule has 2 unspecified atom stereocenters. The third-order valence-corrected chi connectivity index (χ3v) is 4.57. The Labute approximate surface area is 132 Å². The number of carboxylic acid groups (broad SMARTS) is 1. The summed E-state index contributed by atoms with van der Waals surface area (Å²) < 4.78 is 0. The van der Waals surface area contributed by atoms with Gasteiger partial charge in [-0.2, -0.15) is 0 Å². The van der Waals surface area contributed by atoms with Crippen molar-refractivity contribution < 1.29 is 19.5 Å². The van der Waals surface area contributed by atoms with E-state index in [0.29, 0.717) is 11.3 Å². The van der Waals surface area contributed by atoms with Crippen molar-refractivity contribution in [2.24, 2.45) is 5.92 Å². The van der Waals surface area contributed by atoms with Crippen LogP contribution < -0.4 is 10.6 Å². The molecule has 0 aliphatic carbocycles. The van der Waals surface area contributed by atoms with E-state index in [2.05, 4.69) is 10.6 Å². The van der Waals surface area contributed by atoms with Gasteiger partial charge in [0.25, 0.3) is 5.91 Å². The number of rotatable bonds is 4. The van der Waals surface area contributed by atoms with Gasteiger partial charge in [0.15, 0.2) is 0 Å². The van der Waals surface area contributed by atoms with Gasteiger partial charge in [0.05, 0.1) is 10.9 Å². The summed E-state index contributed by atoms with van der Waals surface area (Å²) in [6, 6.07) is 4.01. The molecule has 0 spiro atoms. The molecule has 0 saturated carbocycles. The zero-order valence-corrected chi connectivity index (χ0v) is 13.4. The van der Waals surface area contributed by atoms with Gasteiger partial charge in [-0.3, -0.25) is 9.59 Å². The van der Waals surface area contributed by atoms with Crippen LogP contribution in [-0.4, -0.2) is 34.2 Å². The minimum atomic E-state index is -1.07. The van der Waals surface area contributed by atoms with Crippen molar-refractivity contribution >= 4 is 35.2 Å². The maximum atomic E-state index is 12.2. The van der Waals surface area contributed by atoms with Crippen molar-refractivity contribution in [2.75, 3.05) is 5.32 Å². The fraction of sp³-hybridized carbons (Fsp3) is 0.400. The number of carboxylic acids is 1. The molecule has 1 aromatic rings. The van der Waals surface area contributed by atoms with Crippen LogP contribution >= 0.6 is 11.8 Å². The molecule has 6 nitrogen and oxygen atoms in total. The largest absolute Gasteiger partial charge is 0.480 e. The zero-order chi connectivity index (χ0) is 16.4. The Balaban J connectivity index is 2.20. The van der Waals surface area contributed by atoms with E-state index < -0.39 is 17.9 Å². The second kappa shape index (κ2) is 6.39. The third-order valence-electron chi connectivity index (χ3n) is 3.39. The summed E-state index contributed by atoms with van der Waals surface area (Å²) in [6.45, 7) is 5.26. The first-order valence-corrected chi connectivity index (χ1v) is 7.82. The van der Waals surface area contributed by atoms with E-state index >= 15 is 0 Å². The Bertz CT molecular complexity index is 630. The predicted octanol–water partition coefficient (Wildman–Crippen LogP) is 1.96. The number of carbonyl (C=O) groups excluding carboxylic acids is 2. The molecule has 2 amide bonds. The summed E-state index contributed by atoms with van der Waals surface area (Å²) in [5.74, 6) is -1.88. The molecule has 1 heterocycles. The number of nitrogens with one attached hydrogen (secondary N) is 2. The van der Waals surface area contributed by atoms with Gasteiger partial charge in [0.1, 0.15) is 6.04 Å². The summed E-state index contributed by atoms with van der Waals surface area (Å²) in [7, 11) is 0. The van der Waals surface area contributed by atoms with Crippen molar-refractivity contribution in [1.29, 1.82) is 0 Å². The molecule has 0 radical (unpaired) electrons. The second-order valence-corrected chi connectivity index (χ2v) is 6.88. The highest BCUT2D eigenvalue weighted by Crippen LogP contribution is 2.35. The SMILES string of the molecule is CC1Sc2ccc(C(=O)NC(C(=O)O)C(C)C)cc2NC1=O. The van der Waals surface area contributed by atoms with Crippen molar-refractivity contribution in [3.05, 3.63) is 23.8 Å². The number of aliphatic carboxylic acids is 1. The Hall–Kier alpha value is -2.02. The zero-order valence-electron chi connectivity index (χ0n) is 12.5. The van der Waals surface area contributed by atoms with Crippen molar-refractivity contribution in [1.82, 2.24) is 5.32 Å². The Morgan fingerprint density at radius 3 is 2.64 bits per heavy atom. The topological polar surface area (TPSA) is 95.5 Å². The molecule has 118 valence electrons. The van der Waals surface area contributed by atoms with Gasteiger partial charge in [-0.1, -0.05) is 13.8 Å². The lowest BCUT2D eigenvalue weighted by Gasteiger charge is -2.22. The number of hydrogen-bond donors (Lipinski definition) is 3. The van der Waals surface area contributed by atoms with E-state index in [1.807, 2.05) is 6.92 Å². The van der Waals surface area contributed by atoms with E-state index in [-0.39, 0.29) is 17.1 Å². The lowest BCUT2D eigenvalue weighted by atomic mass is 10.0. The summed E-state index contributed by atoms with van der Waals surface area (Å²) in [6.07, 6.45) is 0. The molecule has 7 heteroatoms. The second-order valence-electron chi connectivity index (χ2n) is 5.49. The van der Waals surface area contributed by atoms with Crippen molar-refractivity contribution in [3.8, 4) is 0 Å². The standard InChI is InChI=1S/C15H18N2O4S/c1-7(2)12(15(20)21)17-14(19)9-4-5-11-10(6-9)16-13(18)8(3)22-11/h4-8,12H,1-3H3,(H,16,18)(H,17,19)(H,20,21). The number of carbonyl (C=O) groups is 3. The van der Waals surface area contributed by atoms with Crippen LogP contribution in [0.4, 0.5) is 5.69 Å². The summed E-state index contributed by atoms with van der Waals surface area (Å²) in [5, 5.41) is 14.2. The predicted molar refractivity (Wildman–Crippen MR) is 84.1 cm³/mol. The number of benzene rings is 1. The maximum Gasteiger partial charge on any atom is 0.326 e. The molecule has 2 atom stereocenters. The van der Waals surface area contributed by atoms with Crippen LogP contribution in [0.25, 0.3) is 0 Å². The number of anilines is 1. The summed E-state index contributed by atoms with van der Waals surface area (Å²) in [5.41, 5.74) is 0.901. The fourth-order valence-electron chi connectivity index (χ4n) is 2.09. The van der Waals surface area contributed by atoms with Crippen molar-refractivity contribution in [2.45, 2.75) is 37.0 Å². The lowest BCUT2D eigenvalue weighted by Crippen LogP contribution is -2.44. The minimum Gasteiger partial charge on any atom is -0.480 e. The van der Waals surface area contributed by atoms with Gasteiger partial charge >= 0.3 is 5.97 Å². The number of thioether (sulfide) groups is 1. The van der Waals surface area contributed by atoms with Crippen LogP contribution in [0, 0.1) is 5.92 Å². The Morgan fingerprint density at radius 1 is 1.36 bits per heavy atom. The average molecular weight is 322 g/mol. The maximum absolute atomic E-state index is 12.2. The normalized spacial score (nSPS) is 18.4. The Morgan fingerprint density at radius 2 is 2.05 bits per heavy atom. The smallest absolute Gasteiger partial charge is 0.326 e. The molecular weight excluding hydrogens is 304 g/mol. The highest BCUT2D eigenvalue weighted by molar-refractivity contribution is 8.00. The van der Waals surface area contributed by atoms with Crippen LogP contribution in [0.1, 0.15) is 31.1 Å². The minimum absolute atomic E-state index is 0.111. The first-order chi connectivity index (χ1) is 10.3. The number of fused-ring (bicyclic) bond motifs is 1. The molecule has 3 N–H and O–H groups in total. The van der Waals surface area contributed by atoms with Gasteiger partial charge < -0.3 is 15.7 Å². The Kier molecular flexibility index (Phi) is 4.75. The molecule has 0 bridgehead atoms. The molecule has 1 aromatic carbocycles. The quantitative estimate of drug-likeness (QED) is 0.787. The molecule has 1 aliphatic rings. The monoisotopic (exact) mass is 322 g/mol. The molecular formula is C15H18N2O4S. The van der Waals surface area contributed by atoms with Crippen LogP contribution in [0.2, 0.25) is 0 Å². The van der Waals surface area contributed by atoms with E-state index in [1.165, 1.54) is 11.8 Å². The van der Waals surface area contributed by atoms with E-state index in [1.54, 1.807) is 32.0 Å². The third kappa shape index (κ3) is 3.41. The highest BCUT2D eigenvalue weighted by atomic mass is 32.2. The highest BCUT2D eigenvalue weighted by Gasteiger charge is 2.26. The van der Waals surface area contributed by atoms with Gasteiger partial charge in [0.2, 0.25) is 5.91 Å². The van der Waals surface area contributed by atoms with E-state index in [4.69, 9.17) is 5.11 Å². The van der Waals surface area contributed by atoms with Gasteiger partial charge in [0, 0.05) is 10.5 Å². The van der Waals surface area contributed by atoms with Gasteiger partial charge in [-0.15, -0.1) is 11.8 Å².